The third-order valence-electron chi connectivity index (χ3n) is 4.35. The first kappa shape index (κ1) is 16.7. The summed E-state index contributed by atoms with van der Waals surface area (Å²) in [6.45, 7) is 6.63. The summed E-state index contributed by atoms with van der Waals surface area (Å²) < 4.78 is 5.92. The molecule has 1 unspecified atom stereocenters. The number of aryl methyl sites for hydroxylation is 2. The molecule has 1 aliphatic heterocycles. The van der Waals surface area contributed by atoms with Crippen LogP contribution in [0.5, 0.6) is 5.75 Å². The third kappa shape index (κ3) is 3.34. The van der Waals surface area contributed by atoms with Gasteiger partial charge < -0.3 is 10.1 Å². The number of hydrogen-bond acceptors (Lipinski definition) is 2. The highest BCUT2D eigenvalue weighted by Gasteiger charge is 2.29. The average Bonchev–Trinajstić information content (AvgIpc) is 2.57. The maximum atomic E-state index is 12.8. The lowest BCUT2D eigenvalue weighted by Crippen LogP contribution is -2.45. The van der Waals surface area contributed by atoms with Crippen molar-refractivity contribution in [3.8, 4) is 5.75 Å². The fourth-order valence-corrected chi connectivity index (χ4v) is 2.90. The topological polar surface area (TPSA) is 41.6 Å². The zero-order valence-corrected chi connectivity index (χ0v) is 14.9. The molecule has 2 amide bonds. The molecule has 1 aliphatic rings. The average molecular weight is 345 g/mol. The van der Waals surface area contributed by atoms with E-state index in [4.69, 9.17) is 16.3 Å². The summed E-state index contributed by atoms with van der Waals surface area (Å²) in [5, 5.41) is 3.55. The van der Waals surface area contributed by atoms with Crippen molar-refractivity contribution in [1.82, 2.24) is 0 Å². The summed E-state index contributed by atoms with van der Waals surface area (Å²) in [7, 11) is 0. The number of carbonyl (C=O) groups excluding carboxylic acids is 1. The predicted molar refractivity (Wildman–Crippen MR) is 98.4 cm³/mol. The molecular weight excluding hydrogens is 324 g/mol. The summed E-state index contributed by atoms with van der Waals surface area (Å²) >= 11 is 6.10. The molecule has 0 saturated heterocycles. The van der Waals surface area contributed by atoms with Gasteiger partial charge in [-0.25, -0.2) is 4.79 Å². The van der Waals surface area contributed by atoms with Crippen LogP contribution in [0.2, 0.25) is 5.02 Å². The SMILES string of the molecule is CCC1CN(C(=O)Nc2ccc(C)c(C)c2)c2cc(Cl)ccc2O1. The molecule has 0 aliphatic carbocycles. The fourth-order valence-electron chi connectivity index (χ4n) is 2.73. The number of carbonyl (C=O) groups is 1. The van der Waals surface area contributed by atoms with Crippen LogP contribution in [-0.4, -0.2) is 18.7 Å². The number of nitrogens with one attached hydrogen (secondary N) is 1. The van der Waals surface area contributed by atoms with Gasteiger partial charge in [0.15, 0.2) is 0 Å². The maximum absolute atomic E-state index is 12.8. The Balaban J connectivity index is 1.88. The number of urea groups is 1. The smallest absolute Gasteiger partial charge is 0.326 e. The molecular formula is C19H21ClN2O2. The van der Waals surface area contributed by atoms with Crippen LogP contribution in [0, 0.1) is 13.8 Å². The van der Waals surface area contributed by atoms with E-state index in [-0.39, 0.29) is 12.1 Å². The molecule has 0 bridgehead atoms. The number of ether oxygens (including phenoxy) is 1. The number of nitrogens with zero attached hydrogens (tertiary/aromatic N) is 1. The molecule has 1 atom stereocenters. The normalized spacial score (nSPS) is 16.3. The highest BCUT2D eigenvalue weighted by Crippen LogP contribution is 2.36. The minimum atomic E-state index is -0.177. The van der Waals surface area contributed by atoms with Gasteiger partial charge in [0.2, 0.25) is 0 Å². The number of rotatable bonds is 2. The lowest BCUT2D eigenvalue weighted by Gasteiger charge is -2.34. The molecule has 3 rings (SSSR count). The number of anilines is 2. The molecule has 126 valence electrons. The second kappa shape index (κ2) is 6.73. The van der Waals surface area contributed by atoms with E-state index in [0.717, 1.165) is 17.7 Å². The highest BCUT2D eigenvalue weighted by atomic mass is 35.5. The molecule has 5 heteroatoms. The minimum Gasteiger partial charge on any atom is -0.486 e. The van der Waals surface area contributed by atoms with Crippen LogP contribution in [0.1, 0.15) is 24.5 Å². The van der Waals surface area contributed by atoms with Gasteiger partial charge in [-0.2, -0.15) is 0 Å². The van der Waals surface area contributed by atoms with Crippen molar-refractivity contribution in [3.63, 3.8) is 0 Å². The van der Waals surface area contributed by atoms with Gasteiger partial charge >= 0.3 is 6.03 Å². The maximum Gasteiger partial charge on any atom is 0.326 e. The van der Waals surface area contributed by atoms with E-state index < -0.39 is 0 Å². The van der Waals surface area contributed by atoms with E-state index in [0.29, 0.717) is 23.0 Å². The molecule has 4 nitrogen and oxygen atoms in total. The number of halogens is 1. The molecule has 0 radical (unpaired) electrons. The molecule has 24 heavy (non-hydrogen) atoms. The van der Waals surface area contributed by atoms with Gasteiger partial charge in [-0.1, -0.05) is 24.6 Å². The lowest BCUT2D eigenvalue weighted by molar-refractivity contribution is 0.188. The van der Waals surface area contributed by atoms with Crippen molar-refractivity contribution >= 4 is 29.0 Å². The Morgan fingerprint density at radius 3 is 2.75 bits per heavy atom. The van der Waals surface area contributed by atoms with Crippen LogP contribution in [0.3, 0.4) is 0 Å². The van der Waals surface area contributed by atoms with Crippen molar-refractivity contribution < 1.29 is 9.53 Å². The van der Waals surface area contributed by atoms with Crippen LogP contribution in [0.4, 0.5) is 16.2 Å². The van der Waals surface area contributed by atoms with Gasteiger partial charge in [0, 0.05) is 10.7 Å². The summed E-state index contributed by atoms with van der Waals surface area (Å²) in [5.74, 6) is 0.688. The van der Waals surface area contributed by atoms with Crippen molar-refractivity contribution in [2.45, 2.75) is 33.3 Å². The predicted octanol–water partition coefficient (Wildman–Crippen LogP) is 5.17. The summed E-state index contributed by atoms with van der Waals surface area (Å²) in [6, 6.07) is 11.1. The molecule has 1 N–H and O–H groups in total. The molecule has 0 spiro atoms. The third-order valence-corrected chi connectivity index (χ3v) is 4.59. The van der Waals surface area contributed by atoms with Gasteiger partial charge in [0.1, 0.15) is 11.9 Å². The summed E-state index contributed by atoms with van der Waals surface area (Å²) in [4.78, 5) is 14.5. The largest absolute Gasteiger partial charge is 0.486 e. The molecule has 2 aromatic carbocycles. The number of hydrogen-bond donors (Lipinski definition) is 1. The van der Waals surface area contributed by atoms with E-state index in [1.54, 1.807) is 17.0 Å². The second-order valence-corrected chi connectivity index (χ2v) is 6.54. The van der Waals surface area contributed by atoms with Gasteiger partial charge in [-0.3, -0.25) is 4.90 Å². The molecule has 2 aromatic rings. The van der Waals surface area contributed by atoms with Crippen LogP contribution >= 0.6 is 11.6 Å². The van der Waals surface area contributed by atoms with Crippen molar-refractivity contribution in [2.75, 3.05) is 16.8 Å². The van der Waals surface area contributed by atoms with Crippen LogP contribution in [0.25, 0.3) is 0 Å². The Morgan fingerprint density at radius 2 is 2.04 bits per heavy atom. The molecule has 0 fully saturated rings. The van der Waals surface area contributed by atoms with Crippen molar-refractivity contribution in [2.24, 2.45) is 0 Å². The van der Waals surface area contributed by atoms with Gasteiger partial charge in [0.05, 0.1) is 12.2 Å². The van der Waals surface area contributed by atoms with Crippen molar-refractivity contribution in [1.29, 1.82) is 0 Å². The second-order valence-electron chi connectivity index (χ2n) is 6.10. The first-order valence-corrected chi connectivity index (χ1v) is 8.47. The summed E-state index contributed by atoms with van der Waals surface area (Å²) in [6.07, 6.45) is 0.805. The Labute approximate surface area is 147 Å². The van der Waals surface area contributed by atoms with Crippen LogP contribution < -0.4 is 15.0 Å². The lowest BCUT2D eigenvalue weighted by atomic mass is 10.1. The van der Waals surface area contributed by atoms with Crippen LogP contribution in [0.15, 0.2) is 36.4 Å². The van der Waals surface area contributed by atoms with E-state index in [9.17, 15) is 4.79 Å². The molecule has 0 aromatic heterocycles. The molecule has 0 saturated carbocycles. The van der Waals surface area contributed by atoms with E-state index >= 15 is 0 Å². The Kier molecular flexibility index (Phi) is 4.67. The highest BCUT2D eigenvalue weighted by molar-refractivity contribution is 6.31. The number of benzene rings is 2. The van der Waals surface area contributed by atoms with Crippen LogP contribution in [-0.2, 0) is 0 Å². The summed E-state index contributed by atoms with van der Waals surface area (Å²) in [5.41, 5.74) is 3.83. The first-order valence-electron chi connectivity index (χ1n) is 8.10. The quantitative estimate of drug-likeness (QED) is 0.816. The van der Waals surface area contributed by atoms with Crippen molar-refractivity contribution in [3.05, 3.63) is 52.5 Å². The standard InChI is InChI=1S/C19H21ClN2O2/c1-4-16-11-22(17-10-14(20)6-8-18(17)24-16)19(23)21-15-7-5-12(2)13(3)9-15/h5-10,16H,4,11H2,1-3H3,(H,21,23). The zero-order valence-electron chi connectivity index (χ0n) is 14.1. The monoisotopic (exact) mass is 344 g/mol. The number of amides is 2. The zero-order chi connectivity index (χ0) is 17.3. The van der Waals surface area contributed by atoms with Gasteiger partial charge in [-0.15, -0.1) is 0 Å². The molecule has 1 heterocycles. The number of fused-ring (bicyclic) bond motifs is 1. The Morgan fingerprint density at radius 1 is 1.25 bits per heavy atom. The first-order chi connectivity index (χ1) is 11.5. The fraction of sp³-hybridized carbons (Fsp3) is 0.316. The van der Waals surface area contributed by atoms with Gasteiger partial charge in [0.25, 0.3) is 0 Å². The Bertz CT molecular complexity index is 776. The van der Waals surface area contributed by atoms with E-state index in [1.165, 1.54) is 5.56 Å². The van der Waals surface area contributed by atoms with E-state index in [1.807, 2.05) is 45.0 Å². The Hall–Kier alpha value is -2.20. The van der Waals surface area contributed by atoms with Gasteiger partial charge in [-0.05, 0) is 61.7 Å². The minimum absolute atomic E-state index is 0.0239. The van der Waals surface area contributed by atoms with E-state index in [2.05, 4.69) is 5.32 Å².